The minimum atomic E-state index is -0.414. The molecule has 4 nitrogen and oxygen atoms in total. The van der Waals surface area contributed by atoms with Crippen molar-refractivity contribution in [3.05, 3.63) is 88.8 Å². The summed E-state index contributed by atoms with van der Waals surface area (Å²) in [6, 6.07) is 21.7. The highest BCUT2D eigenvalue weighted by molar-refractivity contribution is 6.09. The van der Waals surface area contributed by atoms with Gasteiger partial charge in [-0.2, -0.15) is 5.26 Å². The topological polar surface area (TPSA) is 57.8 Å². The number of carbonyl (C=O) groups is 1. The lowest BCUT2D eigenvalue weighted by Gasteiger charge is -2.20. The number of para-hydroxylation sites is 1. The molecule has 3 aromatic rings. The third-order valence-corrected chi connectivity index (χ3v) is 5.16. The molecule has 0 saturated carbocycles. The van der Waals surface area contributed by atoms with Crippen molar-refractivity contribution >= 4 is 17.7 Å². The Hall–Kier alpha value is -3.58. The van der Waals surface area contributed by atoms with Crippen molar-refractivity contribution in [3.8, 4) is 11.8 Å². The predicted octanol–water partition coefficient (Wildman–Crippen LogP) is 5.94. The molecule has 0 aliphatic rings. The van der Waals surface area contributed by atoms with Gasteiger partial charge in [0.05, 0.1) is 0 Å². The number of nitrogens with one attached hydrogen (secondary N) is 1. The van der Waals surface area contributed by atoms with Crippen molar-refractivity contribution < 1.29 is 4.79 Å². The molecular formula is C26H27N3O. The van der Waals surface area contributed by atoms with Crippen LogP contribution in [0.15, 0.2) is 66.2 Å². The first-order valence-electron chi connectivity index (χ1n) is 9.99. The summed E-state index contributed by atoms with van der Waals surface area (Å²) in [4.78, 5) is 12.5. The summed E-state index contributed by atoms with van der Waals surface area (Å²) in [5.41, 5.74) is 6.05. The molecule has 0 unspecified atom stereocenters. The van der Waals surface area contributed by atoms with Gasteiger partial charge >= 0.3 is 0 Å². The molecule has 0 aliphatic heterocycles. The van der Waals surface area contributed by atoms with E-state index in [1.165, 1.54) is 5.56 Å². The second-order valence-electron chi connectivity index (χ2n) is 8.45. The first-order valence-corrected chi connectivity index (χ1v) is 9.99. The summed E-state index contributed by atoms with van der Waals surface area (Å²) in [5, 5.41) is 12.3. The zero-order chi connectivity index (χ0) is 21.9. The second kappa shape index (κ2) is 8.42. The molecule has 2 aromatic carbocycles. The second-order valence-corrected chi connectivity index (χ2v) is 8.45. The summed E-state index contributed by atoms with van der Waals surface area (Å²) >= 11 is 0. The van der Waals surface area contributed by atoms with E-state index < -0.39 is 5.91 Å². The molecule has 1 aromatic heterocycles. The maximum absolute atomic E-state index is 12.5. The van der Waals surface area contributed by atoms with Crippen LogP contribution in [-0.2, 0) is 10.2 Å². The number of carbonyl (C=O) groups excluding carboxylic acids is 1. The average Bonchev–Trinajstić information content (AvgIpc) is 2.99. The third-order valence-electron chi connectivity index (χ3n) is 5.16. The lowest BCUT2D eigenvalue weighted by atomic mass is 9.87. The van der Waals surface area contributed by atoms with E-state index in [0.717, 1.165) is 22.6 Å². The maximum Gasteiger partial charge on any atom is 0.266 e. The molecule has 0 radical (unpaired) electrons. The molecule has 152 valence electrons. The molecule has 1 heterocycles. The van der Waals surface area contributed by atoms with Crippen molar-refractivity contribution in [1.29, 1.82) is 5.26 Å². The van der Waals surface area contributed by atoms with E-state index in [-0.39, 0.29) is 11.0 Å². The van der Waals surface area contributed by atoms with Crippen LogP contribution < -0.4 is 5.32 Å². The molecule has 0 spiro atoms. The van der Waals surface area contributed by atoms with Crippen LogP contribution in [0.4, 0.5) is 5.69 Å². The first kappa shape index (κ1) is 21.1. The number of hydrogen-bond donors (Lipinski definition) is 1. The Morgan fingerprint density at radius 1 is 1.03 bits per heavy atom. The van der Waals surface area contributed by atoms with Gasteiger partial charge in [0.2, 0.25) is 0 Å². The Bertz CT molecular complexity index is 1120. The molecule has 0 fully saturated rings. The zero-order valence-electron chi connectivity index (χ0n) is 18.2. The minimum absolute atomic E-state index is 0.0715. The van der Waals surface area contributed by atoms with Crippen LogP contribution in [0.5, 0.6) is 0 Å². The van der Waals surface area contributed by atoms with Gasteiger partial charge in [-0.05, 0) is 66.8 Å². The molecule has 1 N–H and O–H groups in total. The van der Waals surface area contributed by atoms with Crippen LogP contribution in [0.25, 0.3) is 11.8 Å². The van der Waals surface area contributed by atoms with E-state index >= 15 is 0 Å². The van der Waals surface area contributed by atoms with Gasteiger partial charge < -0.3 is 9.88 Å². The standard InChI is InChI=1S/C26H27N3O/c1-18-15-20(16-21(17-27)25(30)28-23-9-7-6-8-10-23)19(2)29(18)24-13-11-22(12-14-24)26(3,4)5/h6-16H,1-5H3,(H,28,30)/b21-16-. The normalized spacial score (nSPS) is 11.8. The number of nitriles is 1. The van der Waals surface area contributed by atoms with Gasteiger partial charge in [0.15, 0.2) is 0 Å². The number of aryl methyl sites for hydroxylation is 1. The van der Waals surface area contributed by atoms with Gasteiger partial charge in [-0.3, -0.25) is 4.79 Å². The van der Waals surface area contributed by atoms with Gasteiger partial charge in [-0.25, -0.2) is 0 Å². The summed E-state index contributed by atoms with van der Waals surface area (Å²) in [6.45, 7) is 10.6. The largest absolute Gasteiger partial charge is 0.321 e. The highest BCUT2D eigenvalue weighted by Gasteiger charge is 2.16. The summed E-state index contributed by atoms with van der Waals surface area (Å²) in [5.74, 6) is -0.414. The van der Waals surface area contributed by atoms with Crippen molar-refractivity contribution in [3.63, 3.8) is 0 Å². The number of amides is 1. The van der Waals surface area contributed by atoms with Crippen LogP contribution >= 0.6 is 0 Å². The number of nitrogens with zero attached hydrogens (tertiary/aromatic N) is 2. The third kappa shape index (κ3) is 4.52. The van der Waals surface area contributed by atoms with Crippen LogP contribution in [0, 0.1) is 25.2 Å². The van der Waals surface area contributed by atoms with Crippen molar-refractivity contribution in [1.82, 2.24) is 4.57 Å². The highest BCUT2D eigenvalue weighted by Crippen LogP contribution is 2.26. The number of benzene rings is 2. The van der Waals surface area contributed by atoms with Crippen LogP contribution in [0.3, 0.4) is 0 Å². The zero-order valence-corrected chi connectivity index (χ0v) is 18.2. The molecule has 0 bridgehead atoms. The fourth-order valence-electron chi connectivity index (χ4n) is 3.47. The molecule has 0 atom stereocenters. The van der Waals surface area contributed by atoms with Crippen molar-refractivity contribution in [2.75, 3.05) is 5.32 Å². The minimum Gasteiger partial charge on any atom is -0.321 e. The maximum atomic E-state index is 12.5. The van der Waals surface area contributed by atoms with Crippen molar-refractivity contribution in [2.24, 2.45) is 0 Å². The van der Waals surface area contributed by atoms with E-state index in [9.17, 15) is 10.1 Å². The van der Waals surface area contributed by atoms with E-state index in [0.29, 0.717) is 5.69 Å². The highest BCUT2D eigenvalue weighted by atomic mass is 16.1. The Morgan fingerprint density at radius 3 is 2.23 bits per heavy atom. The molecule has 1 amide bonds. The van der Waals surface area contributed by atoms with E-state index in [2.05, 4.69) is 54.9 Å². The summed E-state index contributed by atoms with van der Waals surface area (Å²) in [7, 11) is 0. The Balaban J connectivity index is 1.92. The fourth-order valence-corrected chi connectivity index (χ4v) is 3.47. The monoisotopic (exact) mass is 397 g/mol. The fraction of sp³-hybridized carbons (Fsp3) is 0.231. The predicted molar refractivity (Wildman–Crippen MR) is 123 cm³/mol. The molecule has 0 aliphatic carbocycles. The quantitative estimate of drug-likeness (QED) is 0.438. The van der Waals surface area contributed by atoms with Gasteiger partial charge in [0, 0.05) is 22.8 Å². The molecule has 0 saturated heterocycles. The smallest absolute Gasteiger partial charge is 0.266 e. The Morgan fingerprint density at radius 2 is 1.67 bits per heavy atom. The van der Waals surface area contributed by atoms with Crippen LogP contribution in [0.2, 0.25) is 0 Å². The number of rotatable bonds is 4. The van der Waals surface area contributed by atoms with Crippen LogP contribution in [0.1, 0.15) is 43.3 Å². The summed E-state index contributed by atoms with van der Waals surface area (Å²) < 4.78 is 2.14. The van der Waals surface area contributed by atoms with Crippen molar-refractivity contribution in [2.45, 2.75) is 40.0 Å². The van der Waals surface area contributed by atoms with Gasteiger partial charge in [0.25, 0.3) is 5.91 Å². The SMILES string of the molecule is Cc1cc(/C=C(/C#N)C(=O)Nc2ccccc2)c(C)n1-c1ccc(C(C)(C)C)cc1. The first-order chi connectivity index (χ1) is 14.2. The van der Waals surface area contributed by atoms with E-state index in [4.69, 9.17) is 0 Å². The van der Waals surface area contributed by atoms with E-state index in [1.807, 2.05) is 44.2 Å². The van der Waals surface area contributed by atoms with E-state index in [1.54, 1.807) is 18.2 Å². The Kier molecular flexibility index (Phi) is 5.94. The van der Waals surface area contributed by atoms with Gasteiger partial charge in [-0.15, -0.1) is 0 Å². The lowest BCUT2D eigenvalue weighted by molar-refractivity contribution is -0.112. The number of hydrogen-bond acceptors (Lipinski definition) is 2. The molecular weight excluding hydrogens is 370 g/mol. The molecule has 4 heteroatoms. The van der Waals surface area contributed by atoms with Crippen LogP contribution in [-0.4, -0.2) is 10.5 Å². The van der Waals surface area contributed by atoms with Gasteiger partial charge in [-0.1, -0.05) is 51.1 Å². The Labute approximate surface area is 178 Å². The van der Waals surface area contributed by atoms with Gasteiger partial charge in [0.1, 0.15) is 11.6 Å². The molecule has 30 heavy (non-hydrogen) atoms. The molecule has 3 rings (SSSR count). The lowest BCUT2D eigenvalue weighted by Crippen LogP contribution is -2.13. The summed E-state index contributed by atoms with van der Waals surface area (Å²) in [6.07, 6.45) is 1.65. The number of anilines is 1. The average molecular weight is 398 g/mol. The number of aromatic nitrogens is 1.